The molecule has 0 aromatic rings. The second kappa shape index (κ2) is 3.13. The van der Waals surface area contributed by atoms with Gasteiger partial charge in [0.1, 0.15) is 0 Å². The number of hydrogen-bond acceptors (Lipinski definition) is 2. The van der Waals surface area contributed by atoms with Crippen LogP contribution in [0.25, 0.3) is 0 Å². The topological polar surface area (TPSA) is 40.5 Å². The number of halogens is 2. The Morgan fingerprint density at radius 3 is 2.55 bits per heavy atom. The maximum atomic E-state index is 11.7. The molecule has 0 aromatic heterocycles. The third-order valence-electron chi connectivity index (χ3n) is 1.71. The molecule has 1 fully saturated rings. The van der Waals surface area contributed by atoms with Crippen molar-refractivity contribution in [1.82, 2.24) is 4.90 Å². The molecule has 1 N–H and O–H groups in total. The molecule has 11 heavy (non-hydrogen) atoms. The van der Waals surface area contributed by atoms with Crippen LogP contribution in [0.5, 0.6) is 0 Å². The number of alkyl halides is 2. The molecule has 1 amide bonds. The van der Waals surface area contributed by atoms with Crippen LogP contribution in [0, 0.1) is 5.92 Å². The lowest BCUT2D eigenvalue weighted by atomic mass is 10.0. The number of amides is 1. The van der Waals surface area contributed by atoms with Crippen molar-refractivity contribution in [1.29, 1.82) is 0 Å². The van der Waals surface area contributed by atoms with Gasteiger partial charge in [0.05, 0.1) is 0 Å². The van der Waals surface area contributed by atoms with Crippen molar-refractivity contribution in [3.63, 3.8) is 0 Å². The second-order valence-corrected chi connectivity index (χ2v) is 2.59. The Bertz CT molecular complexity index is 157. The molecule has 64 valence electrons. The predicted molar refractivity (Wildman–Crippen MR) is 33.2 cm³/mol. The molecule has 1 rings (SSSR count). The Morgan fingerprint density at radius 1 is 1.64 bits per heavy atom. The van der Waals surface area contributed by atoms with E-state index in [9.17, 15) is 13.6 Å². The largest absolute Gasteiger partial charge is 0.396 e. The first kappa shape index (κ1) is 8.39. The van der Waals surface area contributed by atoms with Gasteiger partial charge in [-0.05, 0) is 0 Å². The van der Waals surface area contributed by atoms with Crippen LogP contribution >= 0.6 is 0 Å². The fraction of sp³-hybridized carbons (Fsp3) is 0.833. The maximum Gasteiger partial charge on any atom is 0.315 e. The summed E-state index contributed by atoms with van der Waals surface area (Å²) in [5.74, 6) is -1.13. The average Bonchev–Trinajstić information content (AvgIpc) is 1.85. The van der Waals surface area contributed by atoms with E-state index in [0.29, 0.717) is 0 Å². The van der Waals surface area contributed by atoms with Crippen LogP contribution in [0.1, 0.15) is 0 Å². The Kier molecular flexibility index (Phi) is 2.38. The van der Waals surface area contributed by atoms with Gasteiger partial charge in [-0.25, -0.2) is 0 Å². The summed E-state index contributed by atoms with van der Waals surface area (Å²) >= 11 is 0. The van der Waals surface area contributed by atoms with Gasteiger partial charge < -0.3 is 10.0 Å². The summed E-state index contributed by atoms with van der Waals surface area (Å²) < 4.78 is 23.4. The zero-order valence-electron chi connectivity index (χ0n) is 5.83. The standard InChI is InChI=1S/C6H9F2NO2/c7-5(8)6(11)9-1-4(2-9)3-10/h4-5,10H,1-3H2. The van der Waals surface area contributed by atoms with Crippen LogP contribution in [0.2, 0.25) is 0 Å². The highest BCUT2D eigenvalue weighted by molar-refractivity contribution is 5.80. The predicted octanol–water partition coefficient (Wildman–Crippen LogP) is -0.298. The molecule has 1 aliphatic heterocycles. The van der Waals surface area contributed by atoms with Gasteiger partial charge in [0, 0.05) is 25.6 Å². The van der Waals surface area contributed by atoms with Crippen molar-refractivity contribution in [2.24, 2.45) is 5.92 Å². The monoisotopic (exact) mass is 165 g/mol. The molecule has 0 saturated carbocycles. The summed E-state index contributed by atoms with van der Waals surface area (Å²) in [6, 6.07) is 0. The molecule has 3 nitrogen and oxygen atoms in total. The van der Waals surface area contributed by atoms with E-state index in [4.69, 9.17) is 5.11 Å². The van der Waals surface area contributed by atoms with Crippen LogP contribution in [-0.4, -0.2) is 42.0 Å². The van der Waals surface area contributed by atoms with Crippen molar-refractivity contribution in [2.75, 3.05) is 19.7 Å². The van der Waals surface area contributed by atoms with Crippen LogP contribution < -0.4 is 0 Å². The van der Waals surface area contributed by atoms with Crippen molar-refractivity contribution < 1.29 is 18.7 Å². The Labute approximate surface area is 62.6 Å². The van der Waals surface area contributed by atoms with E-state index in [-0.39, 0.29) is 25.6 Å². The van der Waals surface area contributed by atoms with Crippen molar-refractivity contribution >= 4 is 5.91 Å². The molecule has 1 heterocycles. The van der Waals surface area contributed by atoms with Crippen molar-refractivity contribution in [3.05, 3.63) is 0 Å². The fourth-order valence-electron chi connectivity index (χ4n) is 1.00. The minimum absolute atomic E-state index is 0.00213. The van der Waals surface area contributed by atoms with E-state index in [1.165, 1.54) is 0 Å². The molecular formula is C6H9F2NO2. The smallest absolute Gasteiger partial charge is 0.315 e. The molecule has 1 saturated heterocycles. The zero-order valence-corrected chi connectivity index (χ0v) is 5.83. The first-order chi connectivity index (χ1) is 5.15. The molecule has 0 aromatic carbocycles. The van der Waals surface area contributed by atoms with Gasteiger partial charge >= 0.3 is 6.43 Å². The lowest BCUT2D eigenvalue weighted by Gasteiger charge is -2.37. The minimum Gasteiger partial charge on any atom is -0.396 e. The van der Waals surface area contributed by atoms with E-state index in [1.807, 2.05) is 0 Å². The minimum atomic E-state index is -2.91. The summed E-state index contributed by atoms with van der Waals surface area (Å²) in [6.45, 7) is 0.492. The highest BCUT2D eigenvalue weighted by Crippen LogP contribution is 2.16. The lowest BCUT2D eigenvalue weighted by molar-refractivity contribution is -0.150. The number of nitrogens with zero attached hydrogens (tertiary/aromatic N) is 1. The number of hydrogen-bond donors (Lipinski definition) is 1. The van der Waals surface area contributed by atoms with E-state index in [1.54, 1.807) is 0 Å². The van der Waals surface area contributed by atoms with Crippen LogP contribution in [0.3, 0.4) is 0 Å². The fourth-order valence-corrected chi connectivity index (χ4v) is 1.00. The number of aliphatic hydroxyl groups excluding tert-OH is 1. The van der Waals surface area contributed by atoms with Crippen molar-refractivity contribution in [2.45, 2.75) is 6.43 Å². The number of aliphatic hydroxyl groups is 1. The molecular weight excluding hydrogens is 156 g/mol. The summed E-state index contributed by atoms with van der Waals surface area (Å²) in [4.78, 5) is 11.5. The first-order valence-electron chi connectivity index (χ1n) is 3.33. The van der Waals surface area contributed by atoms with E-state index in [2.05, 4.69) is 0 Å². The molecule has 0 aliphatic carbocycles. The zero-order chi connectivity index (χ0) is 8.43. The number of likely N-dealkylation sites (tertiary alicyclic amines) is 1. The van der Waals surface area contributed by atoms with Crippen LogP contribution in [-0.2, 0) is 4.79 Å². The van der Waals surface area contributed by atoms with Gasteiger partial charge in [0.25, 0.3) is 5.91 Å². The summed E-state index contributed by atoms with van der Waals surface area (Å²) in [6.07, 6.45) is -2.91. The summed E-state index contributed by atoms with van der Waals surface area (Å²) in [5.41, 5.74) is 0. The van der Waals surface area contributed by atoms with Gasteiger partial charge in [0.2, 0.25) is 0 Å². The van der Waals surface area contributed by atoms with Gasteiger partial charge in [-0.15, -0.1) is 0 Å². The molecule has 0 spiro atoms. The highest BCUT2D eigenvalue weighted by atomic mass is 19.3. The number of rotatable bonds is 2. The molecule has 0 unspecified atom stereocenters. The van der Waals surface area contributed by atoms with Crippen LogP contribution in [0.4, 0.5) is 8.78 Å². The average molecular weight is 165 g/mol. The Balaban J connectivity index is 2.27. The van der Waals surface area contributed by atoms with Gasteiger partial charge in [-0.3, -0.25) is 4.79 Å². The molecule has 0 radical (unpaired) electrons. The van der Waals surface area contributed by atoms with Crippen LogP contribution in [0.15, 0.2) is 0 Å². The third kappa shape index (κ3) is 1.65. The second-order valence-electron chi connectivity index (χ2n) is 2.59. The molecule has 0 bridgehead atoms. The summed E-state index contributed by atoms with van der Waals surface area (Å²) in [5, 5.41) is 8.50. The lowest BCUT2D eigenvalue weighted by Crippen LogP contribution is -2.53. The SMILES string of the molecule is O=C(C(F)F)N1CC(CO)C1. The Morgan fingerprint density at radius 2 is 2.18 bits per heavy atom. The number of carbonyl (C=O) groups is 1. The molecule has 0 atom stereocenters. The number of carbonyl (C=O) groups excluding carboxylic acids is 1. The molecule has 5 heteroatoms. The van der Waals surface area contributed by atoms with Crippen molar-refractivity contribution in [3.8, 4) is 0 Å². The van der Waals surface area contributed by atoms with Gasteiger partial charge in [0.15, 0.2) is 0 Å². The van der Waals surface area contributed by atoms with Gasteiger partial charge in [-0.1, -0.05) is 0 Å². The first-order valence-corrected chi connectivity index (χ1v) is 3.33. The van der Waals surface area contributed by atoms with Gasteiger partial charge in [-0.2, -0.15) is 8.78 Å². The summed E-state index contributed by atoms with van der Waals surface area (Å²) in [7, 11) is 0. The quantitative estimate of drug-likeness (QED) is 0.610. The third-order valence-corrected chi connectivity index (χ3v) is 1.71. The maximum absolute atomic E-state index is 11.7. The molecule has 1 aliphatic rings. The van der Waals surface area contributed by atoms with E-state index < -0.39 is 12.3 Å². The van der Waals surface area contributed by atoms with E-state index >= 15 is 0 Å². The Hall–Kier alpha value is -0.710. The van der Waals surface area contributed by atoms with E-state index in [0.717, 1.165) is 4.90 Å². The normalized spacial score (nSPS) is 18.7. The highest BCUT2D eigenvalue weighted by Gasteiger charge is 2.33.